The highest BCUT2D eigenvalue weighted by Gasteiger charge is 2.34. The summed E-state index contributed by atoms with van der Waals surface area (Å²) in [7, 11) is -1.14. The number of amides is 2. The van der Waals surface area contributed by atoms with E-state index in [9.17, 15) is 14.2 Å². The smallest absolute Gasteiger partial charge is 0.247 e. The molecular formula is C48H59BrF2N11O5P. The van der Waals surface area contributed by atoms with Crippen molar-refractivity contribution in [3.05, 3.63) is 70.3 Å². The average Bonchev–Trinajstić information content (AvgIpc) is 3.81. The number of aryl methyl sites for hydroxylation is 1. The first-order chi connectivity index (χ1) is 32.8. The lowest BCUT2D eigenvalue weighted by atomic mass is 9.89. The molecule has 0 radical (unpaired) electrons. The number of anilines is 6. The van der Waals surface area contributed by atoms with Gasteiger partial charge in [0.25, 0.3) is 0 Å². The van der Waals surface area contributed by atoms with E-state index in [1.165, 1.54) is 29.8 Å². The largest absolute Gasteiger partial charge is 0.494 e. The van der Waals surface area contributed by atoms with Crippen LogP contribution in [0.5, 0.6) is 5.75 Å². The number of rotatable bonds is 14. The predicted molar refractivity (Wildman–Crippen MR) is 264 cm³/mol. The van der Waals surface area contributed by atoms with Crippen LogP contribution in [0, 0.1) is 17.6 Å². The van der Waals surface area contributed by atoms with Crippen LogP contribution >= 0.6 is 23.1 Å². The summed E-state index contributed by atoms with van der Waals surface area (Å²) >= 11 is 3.57. The number of benzene rings is 2. The number of pyridine rings is 1. The summed E-state index contributed by atoms with van der Waals surface area (Å²) in [5, 5.41) is 9.41. The van der Waals surface area contributed by atoms with Crippen molar-refractivity contribution < 1.29 is 32.1 Å². The zero-order chi connectivity index (χ0) is 47.7. The normalized spacial score (nSPS) is 19.4. The van der Waals surface area contributed by atoms with Crippen LogP contribution in [0.1, 0.15) is 68.9 Å². The monoisotopic (exact) mass is 1020 g/mol. The first-order valence-corrected chi connectivity index (χ1v) is 27.0. The molecule has 5 aromatic rings. The Hall–Kier alpha value is -5.23. The summed E-state index contributed by atoms with van der Waals surface area (Å²) in [6, 6.07) is 7.48. The number of fused-ring (bicyclic) bond motifs is 1. The van der Waals surface area contributed by atoms with Crippen LogP contribution in [0.4, 0.5) is 43.3 Å². The maximum atomic E-state index is 15.2. The number of hydrogen-bond donors (Lipinski definition) is 3. The minimum Gasteiger partial charge on any atom is -0.494 e. The fourth-order valence-electron chi connectivity index (χ4n) is 10.4. The van der Waals surface area contributed by atoms with Gasteiger partial charge >= 0.3 is 0 Å². The van der Waals surface area contributed by atoms with E-state index in [1.807, 2.05) is 4.90 Å². The molecule has 7 heterocycles. The van der Waals surface area contributed by atoms with Gasteiger partial charge in [-0.1, -0.05) is 6.92 Å². The molecule has 9 rings (SSSR count). The number of aromatic nitrogens is 4. The highest BCUT2D eigenvalue weighted by Crippen LogP contribution is 2.42. The van der Waals surface area contributed by atoms with Gasteiger partial charge in [-0.15, -0.1) is 0 Å². The summed E-state index contributed by atoms with van der Waals surface area (Å²) in [6.07, 6.45) is 10.8. The highest BCUT2D eigenvalue weighted by molar-refractivity contribution is 9.10. The molecule has 1 atom stereocenters. The molecule has 3 aromatic heterocycles. The lowest BCUT2D eigenvalue weighted by Crippen LogP contribution is -2.53. The molecule has 4 saturated heterocycles. The molecular weight excluding hydrogens is 959 g/mol. The van der Waals surface area contributed by atoms with Crippen LogP contribution in [0.25, 0.3) is 11.2 Å². The van der Waals surface area contributed by atoms with Gasteiger partial charge in [-0.2, -0.15) is 4.98 Å². The van der Waals surface area contributed by atoms with Crippen molar-refractivity contribution in [3.8, 4) is 5.75 Å². The van der Waals surface area contributed by atoms with E-state index in [4.69, 9.17) is 14.1 Å². The molecule has 68 heavy (non-hydrogen) atoms. The minimum absolute atomic E-state index is 0.0693. The number of ether oxygens (including phenoxy) is 1. The van der Waals surface area contributed by atoms with E-state index in [-0.39, 0.29) is 18.4 Å². The van der Waals surface area contributed by atoms with Crippen molar-refractivity contribution in [2.24, 2.45) is 5.92 Å². The number of carbonyl (C=O) groups is 2. The van der Waals surface area contributed by atoms with E-state index >= 15 is 8.78 Å². The molecule has 4 fully saturated rings. The second-order valence-electron chi connectivity index (χ2n) is 18.7. The molecule has 0 spiro atoms. The molecule has 4 aliphatic rings. The molecule has 3 N–H and O–H groups in total. The maximum absolute atomic E-state index is 15.2. The fraction of sp³-hybridized carbons (Fsp3) is 0.500. The summed E-state index contributed by atoms with van der Waals surface area (Å²) in [6.45, 7) is 14.2. The third-order valence-corrected chi connectivity index (χ3v) is 16.2. The number of carbonyl (C=O) groups excluding carboxylic acids is 2. The Morgan fingerprint density at radius 1 is 0.882 bits per heavy atom. The molecule has 362 valence electrons. The van der Waals surface area contributed by atoms with Gasteiger partial charge in [0.05, 0.1) is 40.4 Å². The van der Waals surface area contributed by atoms with Gasteiger partial charge in [-0.05, 0) is 110 Å². The van der Waals surface area contributed by atoms with E-state index < -0.39 is 36.5 Å². The molecule has 0 aliphatic carbocycles. The van der Waals surface area contributed by atoms with Gasteiger partial charge in [-0.25, -0.2) is 23.7 Å². The second-order valence-corrected chi connectivity index (χ2v) is 22.7. The van der Waals surface area contributed by atoms with E-state index in [1.54, 1.807) is 32.8 Å². The quantitative estimate of drug-likeness (QED) is 0.0727. The van der Waals surface area contributed by atoms with Crippen molar-refractivity contribution in [2.75, 3.05) is 99.8 Å². The van der Waals surface area contributed by atoms with E-state index in [2.05, 4.69) is 80.6 Å². The molecule has 4 aliphatic heterocycles. The van der Waals surface area contributed by atoms with Crippen LogP contribution in [-0.2, 0) is 20.6 Å². The number of methoxy groups -OCH3 is 1. The van der Waals surface area contributed by atoms with E-state index in [0.717, 1.165) is 103 Å². The van der Waals surface area contributed by atoms with Crippen molar-refractivity contribution in [1.82, 2.24) is 35.1 Å². The van der Waals surface area contributed by atoms with Gasteiger partial charge in [0, 0.05) is 94.0 Å². The maximum Gasteiger partial charge on any atom is 0.247 e. The number of imide groups is 1. The molecule has 2 amide bonds. The third-order valence-electron chi connectivity index (χ3n) is 14.1. The van der Waals surface area contributed by atoms with Crippen LogP contribution in [0.3, 0.4) is 0 Å². The number of hydrogen-bond acceptors (Lipinski definition) is 15. The number of piperidine rings is 3. The Kier molecular flexibility index (Phi) is 14.3. The van der Waals surface area contributed by atoms with Gasteiger partial charge in [0.1, 0.15) is 35.9 Å². The Morgan fingerprint density at radius 2 is 1.60 bits per heavy atom. The van der Waals surface area contributed by atoms with Crippen molar-refractivity contribution in [2.45, 2.75) is 70.3 Å². The van der Waals surface area contributed by atoms with Crippen molar-refractivity contribution in [3.63, 3.8) is 0 Å². The zero-order valence-electron chi connectivity index (χ0n) is 39.0. The van der Waals surface area contributed by atoms with Crippen molar-refractivity contribution in [1.29, 1.82) is 0 Å². The third kappa shape index (κ3) is 10.4. The van der Waals surface area contributed by atoms with Crippen LogP contribution < -0.4 is 35.8 Å². The van der Waals surface area contributed by atoms with Crippen molar-refractivity contribution >= 4 is 85.9 Å². The SMILES string of the molecule is CCc1cc(Nc2ncc(Br)c(Nc3cnc4ocnc4c3P(C)(C)=O)n2)c(OC)cc1N1CCC(N2CCN(CCC3CCN(c4cc(F)c(C5CCC(=O)NC5=O)c(F)c4)CC3)CC2)CC1. The fourth-order valence-corrected chi connectivity index (χ4v) is 12.0. The lowest BCUT2D eigenvalue weighted by Gasteiger charge is -2.44. The number of nitrogens with one attached hydrogen (secondary N) is 3. The van der Waals surface area contributed by atoms with Crippen LogP contribution in [0.2, 0.25) is 0 Å². The van der Waals surface area contributed by atoms with Gasteiger partial charge in [0.15, 0.2) is 6.39 Å². The summed E-state index contributed by atoms with van der Waals surface area (Å²) < 4.78 is 55.8. The number of halogens is 3. The Labute approximate surface area is 403 Å². The standard InChI is InChI=1S/C48H59BrF2N11O5P/c1-5-30-22-37(56-48-53-26-34(49)45(58-48)55-38-27-52-47-43(54-28-67-47)44(38)68(3,4)65)40(66-2)25-39(30)62-16-11-31(12-17-62)61-20-18-59(19-21-61)13-8-29-9-14-60(15-10-29)32-23-35(50)42(36(51)24-32)33-6-7-41(63)57-46(33)64/h22-29,31,33H,5-21H2,1-4H3,(H,57,63,64)(H2,53,55,56,58). The average molecular weight is 1020 g/mol. The first-order valence-electron chi connectivity index (χ1n) is 23.6. The Bertz CT molecular complexity index is 2690. The molecule has 0 saturated carbocycles. The zero-order valence-corrected chi connectivity index (χ0v) is 41.5. The number of piperazine rings is 1. The topological polar surface area (TPSA) is 174 Å². The van der Waals surface area contributed by atoms with Crippen LogP contribution in [0.15, 0.2) is 51.9 Å². The summed E-state index contributed by atoms with van der Waals surface area (Å²) in [4.78, 5) is 51.6. The number of oxazole rings is 1. The molecule has 2 aromatic carbocycles. The van der Waals surface area contributed by atoms with Gasteiger partial charge < -0.3 is 39.1 Å². The van der Waals surface area contributed by atoms with Gasteiger partial charge in [-0.3, -0.25) is 19.8 Å². The lowest BCUT2D eigenvalue weighted by molar-refractivity contribution is -0.134. The second kappa shape index (κ2) is 20.4. The molecule has 1 unspecified atom stereocenters. The molecule has 20 heteroatoms. The van der Waals surface area contributed by atoms with Gasteiger partial charge in [0.2, 0.25) is 23.5 Å². The number of nitrogens with zero attached hydrogens (tertiary/aromatic N) is 8. The highest BCUT2D eigenvalue weighted by atomic mass is 79.9. The minimum atomic E-state index is -2.81. The first kappa shape index (κ1) is 47.8. The molecule has 0 bridgehead atoms. The summed E-state index contributed by atoms with van der Waals surface area (Å²) in [5.74, 6) is -1.44. The summed E-state index contributed by atoms with van der Waals surface area (Å²) in [5.41, 5.74) is 4.67. The van der Waals surface area contributed by atoms with E-state index in [0.29, 0.717) is 61.9 Å². The molecule has 16 nitrogen and oxygen atoms in total. The van der Waals surface area contributed by atoms with Crippen LogP contribution in [-0.4, -0.2) is 127 Å². The Balaban J connectivity index is 0.746. The Morgan fingerprint density at radius 3 is 2.28 bits per heavy atom. The predicted octanol–water partition coefficient (Wildman–Crippen LogP) is 7.77.